The van der Waals surface area contributed by atoms with Crippen LogP contribution in [0.5, 0.6) is 0 Å². The molecule has 0 aliphatic carbocycles. The van der Waals surface area contributed by atoms with Crippen LogP contribution < -0.4 is 0 Å². The first-order valence-electron chi connectivity index (χ1n) is 6.65. The van der Waals surface area contributed by atoms with Crippen molar-refractivity contribution in [2.75, 3.05) is 7.11 Å². The molecule has 0 saturated carbocycles. The van der Waals surface area contributed by atoms with Crippen LogP contribution in [0.1, 0.15) is 35.4 Å². The van der Waals surface area contributed by atoms with Gasteiger partial charge in [-0.05, 0) is 13.3 Å². The minimum Gasteiger partial charge on any atom is -0.464 e. The van der Waals surface area contributed by atoms with Gasteiger partial charge < -0.3 is 9.30 Å². The van der Waals surface area contributed by atoms with Gasteiger partial charge in [0.05, 0.1) is 19.3 Å². The Labute approximate surface area is 117 Å². The smallest absolute Gasteiger partial charge is 0.360 e. The topological polar surface area (TPSA) is 74.8 Å². The number of hydrogen-bond donors (Lipinski definition) is 0. The summed E-state index contributed by atoms with van der Waals surface area (Å²) in [5.41, 5.74) is 1.15. The number of rotatable bonds is 6. The summed E-state index contributed by atoms with van der Waals surface area (Å²) in [6, 6.07) is 0. The molecule has 0 unspecified atom stereocenters. The van der Waals surface area contributed by atoms with Crippen molar-refractivity contribution >= 4 is 5.97 Å². The number of aromatic nitrogens is 5. The van der Waals surface area contributed by atoms with Crippen molar-refractivity contribution in [3.8, 4) is 0 Å². The molecule has 2 aromatic rings. The predicted octanol–water partition coefficient (Wildman–Crippen LogP) is 1.22. The summed E-state index contributed by atoms with van der Waals surface area (Å²) < 4.78 is 8.55. The highest BCUT2D eigenvalue weighted by Gasteiger charge is 2.19. The van der Waals surface area contributed by atoms with Crippen LogP contribution in [0.3, 0.4) is 0 Å². The van der Waals surface area contributed by atoms with E-state index in [1.54, 1.807) is 10.9 Å². The molecular formula is C13H19N5O2. The van der Waals surface area contributed by atoms with Gasteiger partial charge in [0.2, 0.25) is 0 Å². The Morgan fingerprint density at radius 3 is 2.80 bits per heavy atom. The number of imidazole rings is 1. The fraction of sp³-hybridized carbons (Fsp3) is 0.538. The standard InChI is InChI=1S/C13H19N5O2/c1-4-5-11-12(13(19)20-3)15-16-18(11)9-8-17-7-6-14-10(17)2/h6-7H,4-5,8-9H2,1-3H3. The van der Waals surface area contributed by atoms with Crippen molar-refractivity contribution < 1.29 is 9.53 Å². The molecule has 0 aromatic carbocycles. The largest absolute Gasteiger partial charge is 0.464 e. The Bertz CT molecular complexity index is 587. The minimum atomic E-state index is -0.432. The molecule has 0 amide bonds. The lowest BCUT2D eigenvalue weighted by atomic mass is 10.2. The molecule has 20 heavy (non-hydrogen) atoms. The van der Waals surface area contributed by atoms with Gasteiger partial charge in [0.15, 0.2) is 5.69 Å². The van der Waals surface area contributed by atoms with Gasteiger partial charge in [-0.3, -0.25) is 0 Å². The van der Waals surface area contributed by atoms with Gasteiger partial charge in [-0.25, -0.2) is 14.5 Å². The molecule has 7 heteroatoms. The third-order valence-electron chi connectivity index (χ3n) is 3.18. The Kier molecular flexibility index (Phi) is 4.49. The van der Waals surface area contributed by atoms with Crippen LogP contribution in [-0.4, -0.2) is 37.6 Å². The molecule has 0 fully saturated rings. The number of esters is 1. The number of hydrogen-bond acceptors (Lipinski definition) is 5. The maximum Gasteiger partial charge on any atom is 0.360 e. The number of ether oxygens (including phenoxy) is 1. The first-order valence-corrected chi connectivity index (χ1v) is 6.65. The summed E-state index contributed by atoms with van der Waals surface area (Å²) >= 11 is 0. The Morgan fingerprint density at radius 2 is 2.20 bits per heavy atom. The molecule has 0 aliphatic rings. The molecular weight excluding hydrogens is 258 g/mol. The Hall–Kier alpha value is -2.18. The molecule has 2 heterocycles. The second kappa shape index (κ2) is 6.31. The highest BCUT2D eigenvalue weighted by molar-refractivity contribution is 5.88. The third-order valence-corrected chi connectivity index (χ3v) is 3.18. The van der Waals surface area contributed by atoms with Gasteiger partial charge in [-0.2, -0.15) is 0 Å². The highest BCUT2D eigenvalue weighted by atomic mass is 16.5. The van der Waals surface area contributed by atoms with Gasteiger partial charge in [0.1, 0.15) is 5.82 Å². The highest BCUT2D eigenvalue weighted by Crippen LogP contribution is 2.10. The molecule has 0 spiro atoms. The fourth-order valence-electron chi connectivity index (χ4n) is 2.09. The average molecular weight is 277 g/mol. The summed E-state index contributed by atoms with van der Waals surface area (Å²) in [5, 5.41) is 8.01. The predicted molar refractivity (Wildman–Crippen MR) is 72.3 cm³/mol. The molecule has 0 N–H and O–H groups in total. The Balaban J connectivity index is 2.17. The van der Waals surface area contributed by atoms with E-state index in [4.69, 9.17) is 4.74 Å². The first-order chi connectivity index (χ1) is 9.67. The summed E-state index contributed by atoms with van der Waals surface area (Å²) in [7, 11) is 1.35. The van der Waals surface area contributed by atoms with Gasteiger partial charge in [-0.15, -0.1) is 5.10 Å². The van der Waals surface area contributed by atoms with E-state index < -0.39 is 5.97 Å². The molecule has 108 valence electrons. The van der Waals surface area contributed by atoms with Crippen LogP contribution in [0, 0.1) is 6.92 Å². The summed E-state index contributed by atoms with van der Waals surface area (Å²) in [4.78, 5) is 15.8. The lowest BCUT2D eigenvalue weighted by molar-refractivity contribution is 0.0592. The number of aryl methyl sites for hydroxylation is 3. The number of carbonyl (C=O) groups excluding carboxylic acids is 1. The van der Waals surface area contributed by atoms with Crippen molar-refractivity contribution in [3.63, 3.8) is 0 Å². The third kappa shape index (κ3) is 2.87. The minimum absolute atomic E-state index is 0.316. The SMILES string of the molecule is CCCc1c(C(=O)OC)nnn1CCn1ccnc1C. The maximum atomic E-state index is 11.7. The van der Waals surface area contributed by atoms with Gasteiger partial charge in [0, 0.05) is 18.9 Å². The molecule has 0 bridgehead atoms. The number of methoxy groups -OCH3 is 1. The second-order valence-electron chi connectivity index (χ2n) is 4.52. The molecule has 2 rings (SSSR count). The Morgan fingerprint density at radius 1 is 1.40 bits per heavy atom. The van der Waals surface area contributed by atoms with E-state index in [2.05, 4.69) is 22.2 Å². The fourth-order valence-corrected chi connectivity index (χ4v) is 2.09. The van der Waals surface area contributed by atoms with Gasteiger partial charge >= 0.3 is 5.97 Å². The van der Waals surface area contributed by atoms with Gasteiger partial charge in [-0.1, -0.05) is 18.6 Å². The molecule has 7 nitrogen and oxygen atoms in total. The first kappa shape index (κ1) is 14.2. The molecule has 0 aliphatic heterocycles. The zero-order chi connectivity index (χ0) is 14.5. The van der Waals surface area contributed by atoms with Crippen molar-refractivity contribution in [1.82, 2.24) is 24.5 Å². The average Bonchev–Trinajstić information content (AvgIpc) is 3.03. The van der Waals surface area contributed by atoms with E-state index in [-0.39, 0.29) is 0 Å². The zero-order valence-electron chi connectivity index (χ0n) is 12.0. The van der Waals surface area contributed by atoms with E-state index in [0.717, 1.165) is 30.9 Å². The van der Waals surface area contributed by atoms with E-state index in [9.17, 15) is 4.79 Å². The molecule has 0 radical (unpaired) electrons. The lowest BCUT2D eigenvalue weighted by Crippen LogP contribution is -2.13. The summed E-state index contributed by atoms with van der Waals surface area (Å²) in [6.07, 6.45) is 5.36. The van der Waals surface area contributed by atoms with Crippen molar-refractivity contribution in [3.05, 3.63) is 29.6 Å². The van der Waals surface area contributed by atoms with Crippen LogP contribution in [-0.2, 0) is 24.2 Å². The molecule has 0 saturated heterocycles. The normalized spacial score (nSPS) is 10.8. The maximum absolute atomic E-state index is 11.7. The van der Waals surface area contributed by atoms with Crippen molar-refractivity contribution in [1.29, 1.82) is 0 Å². The second-order valence-corrected chi connectivity index (χ2v) is 4.52. The van der Waals surface area contributed by atoms with Crippen LogP contribution in [0.15, 0.2) is 12.4 Å². The van der Waals surface area contributed by atoms with Crippen molar-refractivity contribution in [2.24, 2.45) is 0 Å². The number of nitrogens with zero attached hydrogens (tertiary/aromatic N) is 5. The van der Waals surface area contributed by atoms with Crippen molar-refractivity contribution in [2.45, 2.75) is 39.8 Å². The van der Waals surface area contributed by atoms with Crippen LogP contribution >= 0.6 is 0 Å². The van der Waals surface area contributed by atoms with Crippen LogP contribution in [0.4, 0.5) is 0 Å². The number of carbonyl (C=O) groups is 1. The van der Waals surface area contributed by atoms with Crippen LogP contribution in [0.25, 0.3) is 0 Å². The monoisotopic (exact) mass is 277 g/mol. The van der Waals surface area contributed by atoms with E-state index in [1.165, 1.54) is 7.11 Å². The summed E-state index contributed by atoms with van der Waals surface area (Å²) in [6.45, 7) is 5.40. The van der Waals surface area contributed by atoms with E-state index in [0.29, 0.717) is 12.2 Å². The van der Waals surface area contributed by atoms with E-state index in [1.807, 2.05) is 17.7 Å². The molecule has 2 aromatic heterocycles. The zero-order valence-corrected chi connectivity index (χ0v) is 12.0. The summed E-state index contributed by atoms with van der Waals surface area (Å²) in [5.74, 6) is 0.522. The van der Waals surface area contributed by atoms with E-state index >= 15 is 0 Å². The quantitative estimate of drug-likeness (QED) is 0.742. The van der Waals surface area contributed by atoms with Gasteiger partial charge in [0.25, 0.3) is 0 Å². The lowest BCUT2D eigenvalue weighted by Gasteiger charge is -2.08. The van der Waals surface area contributed by atoms with Crippen LogP contribution in [0.2, 0.25) is 0 Å². The molecule has 0 atom stereocenters.